The van der Waals surface area contributed by atoms with Crippen molar-refractivity contribution in [1.82, 2.24) is 34.7 Å². The van der Waals surface area contributed by atoms with Crippen LogP contribution in [0, 0.1) is 28.9 Å². The van der Waals surface area contributed by atoms with Gasteiger partial charge in [0.2, 0.25) is 11.9 Å². The summed E-state index contributed by atoms with van der Waals surface area (Å²) in [6, 6.07) is 8.08. The summed E-state index contributed by atoms with van der Waals surface area (Å²) in [5.41, 5.74) is 5.28. The highest BCUT2D eigenvalue weighted by atomic mass is 35.5. The third kappa shape index (κ3) is 7.23. The number of hydrogen-bond acceptors (Lipinski definition) is 6. The maximum atomic E-state index is 15.1. The topological polar surface area (TPSA) is 116 Å². The quantitative estimate of drug-likeness (QED) is 0.0970. The third-order valence-electron chi connectivity index (χ3n) is 8.26. The Morgan fingerprint density at radius 3 is 2.43 bits per heavy atom. The number of halogens is 7. The minimum absolute atomic E-state index is 0.0137. The molecule has 4 heterocycles. The van der Waals surface area contributed by atoms with Gasteiger partial charge in [-0.2, -0.15) is 13.9 Å². The summed E-state index contributed by atoms with van der Waals surface area (Å²) in [6.45, 7) is 6.22. The third-order valence-corrected chi connectivity index (χ3v) is 8.55. The maximum absolute atomic E-state index is 15.1. The number of benzene rings is 1. The van der Waals surface area contributed by atoms with E-state index in [0.29, 0.717) is 21.9 Å². The first kappa shape index (κ1) is 35.7. The van der Waals surface area contributed by atoms with Gasteiger partial charge in [-0.15, -0.1) is 10.2 Å². The molecule has 1 aromatic carbocycles. The molecule has 0 saturated heterocycles. The smallest absolute Gasteiger partial charge is 0.290 e. The molecular formula is C35H31ClF6N8O. The second-order valence-corrected chi connectivity index (χ2v) is 13.8. The standard InChI is InChI=1S/C35H31ClF6N8O/c1-17-15-35(41,42)30-27(17)29(31(39)40)48-49(30)16-26(51)45-24(13-18-11-19(37)14-20(38)12-18)28-22(6-5-21(44-28)9-10-34(2,3)4)23-7-8-25(36)50-32(23)46-47-33(50)43/h5-8,11-12,14,17,24,31H,13,15-16H2,1-4H3,(H2,43,47)(H,45,51)/t17-,24-/m0/s1. The van der Waals surface area contributed by atoms with Gasteiger partial charge >= 0.3 is 0 Å². The van der Waals surface area contributed by atoms with Gasteiger partial charge in [0.25, 0.3) is 12.3 Å². The van der Waals surface area contributed by atoms with Gasteiger partial charge in [0, 0.05) is 34.6 Å². The Bertz CT molecular complexity index is 2210. The molecule has 2 atom stereocenters. The van der Waals surface area contributed by atoms with E-state index in [1.54, 1.807) is 18.2 Å². The van der Waals surface area contributed by atoms with Gasteiger partial charge in [-0.05, 0) is 81.0 Å². The molecule has 5 aromatic rings. The Kier molecular flexibility index (Phi) is 9.26. The molecule has 51 heavy (non-hydrogen) atoms. The van der Waals surface area contributed by atoms with Crippen molar-refractivity contribution in [3.8, 4) is 23.0 Å². The average molecular weight is 729 g/mol. The minimum Gasteiger partial charge on any atom is -0.368 e. The summed E-state index contributed by atoms with van der Waals surface area (Å²) >= 11 is 6.38. The molecule has 0 spiro atoms. The zero-order chi connectivity index (χ0) is 37.0. The molecule has 0 bridgehead atoms. The lowest BCUT2D eigenvalue weighted by molar-refractivity contribution is -0.122. The van der Waals surface area contributed by atoms with Gasteiger partial charge in [-0.1, -0.05) is 24.4 Å². The fourth-order valence-corrected chi connectivity index (χ4v) is 6.49. The van der Waals surface area contributed by atoms with Gasteiger partial charge in [0.05, 0.1) is 11.7 Å². The molecule has 16 heteroatoms. The first-order valence-electron chi connectivity index (χ1n) is 15.8. The van der Waals surface area contributed by atoms with Crippen molar-refractivity contribution in [3.05, 3.63) is 93.2 Å². The molecule has 9 nitrogen and oxygen atoms in total. The van der Waals surface area contributed by atoms with Gasteiger partial charge < -0.3 is 11.1 Å². The number of carbonyl (C=O) groups excluding carboxylic acids is 1. The minimum atomic E-state index is -3.51. The summed E-state index contributed by atoms with van der Waals surface area (Å²) in [5.74, 6) is -1.03. The molecule has 0 unspecified atom stereocenters. The van der Waals surface area contributed by atoms with E-state index in [1.807, 2.05) is 20.8 Å². The van der Waals surface area contributed by atoms with E-state index in [9.17, 15) is 22.4 Å². The summed E-state index contributed by atoms with van der Waals surface area (Å²) < 4.78 is 88.9. The Morgan fingerprint density at radius 1 is 1.08 bits per heavy atom. The molecule has 1 aliphatic carbocycles. The van der Waals surface area contributed by atoms with Crippen LogP contribution in [0.5, 0.6) is 0 Å². The van der Waals surface area contributed by atoms with Crippen molar-refractivity contribution in [2.75, 3.05) is 5.73 Å². The van der Waals surface area contributed by atoms with Gasteiger partial charge in [-0.3, -0.25) is 13.9 Å². The van der Waals surface area contributed by atoms with E-state index >= 15 is 8.78 Å². The van der Waals surface area contributed by atoms with E-state index < -0.39 is 71.6 Å². The molecule has 1 amide bonds. The maximum Gasteiger partial charge on any atom is 0.290 e. The van der Waals surface area contributed by atoms with Gasteiger partial charge in [0.15, 0.2) is 5.65 Å². The number of nitrogens with one attached hydrogen (secondary N) is 1. The van der Waals surface area contributed by atoms with Crippen LogP contribution < -0.4 is 11.1 Å². The fraction of sp³-hybridized carbons (Fsp3) is 0.343. The highest BCUT2D eigenvalue weighted by Gasteiger charge is 2.50. The van der Waals surface area contributed by atoms with Crippen LogP contribution in [-0.4, -0.2) is 35.3 Å². The molecule has 0 saturated carbocycles. The molecule has 6 rings (SSSR count). The van der Waals surface area contributed by atoms with E-state index in [4.69, 9.17) is 22.3 Å². The van der Waals surface area contributed by atoms with E-state index in [2.05, 4.69) is 32.5 Å². The zero-order valence-corrected chi connectivity index (χ0v) is 28.5. The Balaban J connectivity index is 1.50. The number of aromatic nitrogens is 6. The summed E-state index contributed by atoms with van der Waals surface area (Å²) in [5, 5.41) is 14.7. The van der Waals surface area contributed by atoms with Crippen LogP contribution in [0.15, 0.2) is 42.5 Å². The van der Waals surface area contributed by atoms with Crippen LogP contribution in [0.4, 0.5) is 32.3 Å². The number of nitrogens with two attached hydrogens (primary N) is 1. The number of hydrogen-bond donors (Lipinski definition) is 2. The van der Waals surface area contributed by atoms with Crippen molar-refractivity contribution in [3.63, 3.8) is 0 Å². The van der Waals surface area contributed by atoms with Crippen molar-refractivity contribution in [2.24, 2.45) is 5.41 Å². The predicted octanol–water partition coefficient (Wildman–Crippen LogP) is 7.54. The van der Waals surface area contributed by atoms with Crippen molar-refractivity contribution < 1.29 is 31.1 Å². The average Bonchev–Trinajstić information content (AvgIpc) is 3.68. The SMILES string of the molecule is C[C@H]1CC(F)(F)c2c1c(C(F)F)nn2CC(=O)N[C@@H](Cc1cc(F)cc(F)c1)c1nc(C#CC(C)(C)C)ccc1-c1ccc(Cl)n2c(N)nnc12. The monoisotopic (exact) mass is 728 g/mol. The van der Waals surface area contributed by atoms with Crippen molar-refractivity contribution >= 4 is 29.1 Å². The van der Waals surface area contributed by atoms with Crippen LogP contribution in [0.1, 0.15) is 86.4 Å². The van der Waals surface area contributed by atoms with Gasteiger partial charge in [-0.25, -0.2) is 22.5 Å². The normalized spacial score (nSPS) is 15.9. The highest BCUT2D eigenvalue weighted by molar-refractivity contribution is 6.30. The number of carbonyl (C=O) groups is 1. The lowest BCUT2D eigenvalue weighted by Crippen LogP contribution is -2.35. The molecule has 3 N–H and O–H groups in total. The van der Waals surface area contributed by atoms with Crippen LogP contribution >= 0.6 is 11.6 Å². The predicted molar refractivity (Wildman–Crippen MR) is 177 cm³/mol. The second kappa shape index (κ2) is 13.2. The summed E-state index contributed by atoms with van der Waals surface area (Å²) in [4.78, 5) is 18.5. The van der Waals surface area contributed by atoms with Crippen LogP contribution in [-0.2, 0) is 23.7 Å². The summed E-state index contributed by atoms with van der Waals surface area (Å²) in [6.07, 6.45) is -4.11. The number of amides is 1. The first-order valence-corrected chi connectivity index (χ1v) is 16.1. The fourth-order valence-electron chi connectivity index (χ4n) is 6.26. The molecule has 0 aliphatic heterocycles. The molecule has 4 aromatic heterocycles. The largest absolute Gasteiger partial charge is 0.368 e. The number of fused-ring (bicyclic) bond motifs is 2. The molecule has 266 valence electrons. The Labute approximate surface area is 293 Å². The Morgan fingerprint density at radius 2 is 1.76 bits per heavy atom. The van der Waals surface area contributed by atoms with Crippen molar-refractivity contribution in [2.45, 2.75) is 71.4 Å². The van der Waals surface area contributed by atoms with Crippen molar-refractivity contribution in [1.29, 1.82) is 0 Å². The van der Waals surface area contributed by atoms with Crippen LogP contribution in [0.25, 0.3) is 16.8 Å². The molecule has 0 fully saturated rings. The lowest BCUT2D eigenvalue weighted by Gasteiger charge is -2.23. The Hall–Kier alpha value is -5.10. The van der Waals surface area contributed by atoms with E-state index in [-0.39, 0.29) is 45.7 Å². The number of rotatable bonds is 8. The lowest BCUT2D eigenvalue weighted by atomic mass is 9.94. The molecular weight excluding hydrogens is 698 g/mol. The molecule has 1 aliphatic rings. The summed E-state index contributed by atoms with van der Waals surface area (Å²) in [7, 11) is 0. The number of alkyl halides is 4. The zero-order valence-electron chi connectivity index (χ0n) is 27.7. The van der Waals surface area contributed by atoms with Crippen LogP contribution in [0.2, 0.25) is 5.15 Å². The first-order chi connectivity index (χ1) is 23.9. The number of anilines is 1. The van der Waals surface area contributed by atoms with Crippen LogP contribution in [0.3, 0.4) is 0 Å². The highest BCUT2D eigenvalue weighted by Crippen LogP contribution is 2.51. The number of nitrogens with zero attached hydrogens (tertiary/aromatic N) is 6. The molecule has 0 radical (unpaired) electrons. The number of nitrogen functional groups attached to an aromatic ring is 1. The number of pyridine rings is 2. The van der Waals surface area contributed by atoms with Gasteiger partial charge in [0.1, 0.15) is 40.4 Å². The second-order valence-electron chi connectivity index (χ2n) is 13.4. The van der Waals surface area contributed by atoms with E-state index in [1.165, 1.54) is 17.4 Å². The van der Waals surface area contributed by atoms with E-state index in [0.717, 1.165) is 12.1 Å².